The van der Waals surface area contributed by atoms with Gasteiger partial charge in [0.15, 0.2) is 0 Å². The molecule has 1 unspecified atom stereocenters. The minimum absolute atomic E-state index is 0.0412. The van der Waals surface area contributed by atoms with Gasteiger partial charge in [0.1, 0.15) is 0 Å². The standard InChI is InChI=1S/C12H16F3N3/c13-12(14,15)9-3-2-6-18(7-9)8-11-10(16)4-1-5-17-11/h1,4-5,9H,2-3,6-8,16H2. The van der Waals surface area contributed by atoms with Crippen LogP contribution in [0.15, 0.2) is 18.3 Å². The topological polar surface area (TPSA) is 42.1 Å². The number of likely N-dealkylation sites (tertiary alicyclic amines) is 1. The van der Waals surface area contributed by atoms with Crippen molar-refractivity contribution in [3.63, 3.8) is 0 Å². The van der Waals surface area contributed by atoms with Crippen LogP contribution in [0.4, 0.5) is 18.9 Å². The van der Waals surface area contributed by atoms with Gasteiger partial charge >= 0.3 is 6.18 Å². The van der Waals surface area contributed by atoms with Gasteiger partial charge in [-0.2, -0.15) is 13.2 Å². The van der Waals surface area contributed by atoms with Crippen LogP contribution in [0.1, 0.15) is 18.5 Å². The molecule has 1 fully saturated rings. The van der Waals surface area contributed by atoms with Gasteiger partial charge in [-0.15, -0.1) is 0 Å². The molecule has 2 heterocycles. The predicted octanol–water partition coefficient (Wildman–Crippen LogP) is 2.44. The van der Waals surface area contributed by atoms with Crippen molar-refractivity contribution in [2.45, 2.75) is 25.6 Å². The number of piperidine rings is 1. The Kier molecular flexibility index (Phi) is 3.75. The number of nitrogen functional groups attached to an aromatic ring is 1. The van der Waals surface area contributed by atoms with Crippen LogP contribution in [0.3, 0.4) is 0 Å². The third-order valence-corrected chi connectivity index (χ3v) is 3.27. The molecular weight excluding hydrogens is 243 g/mol. The second kappa shape index (κ2) is 5.14. The SMILES string of the molecule is Nc1cccnc1CN1CCCC(C(F)(F)F)C1. The zero-order chi connectivity index (χ0) is 13.2. The Balaban J connectivity index is 2.00. The van der Waals surface area contributed by atoms with Gasteiger partial charge in [0.25, 0.3) is 0 Å². The third kappa shape index (κ3) is 3.13. The normalized spacial score (nSPS) is 22.1. The highest BCUT2D eigenvalue weighted by molar-refractivity contribution is 5.41. The minimum atomic E-state index is -4.10. The van der Waals surface area contributed by atoms with Crippen LogP contribution in [0.2, 0.25) is 0 Å². The number of rotatable bonds is 2. The Morgan fingerprint density at radius 1 is 1.44 bits per heavy atom. The largest absolute Gasteiger partial charge is 0.397 e. The Bertz CT molecular complexity index is 406. The fraction of sp³-hybridized carbons (Fsp3) is 0.583. The molecule has 1 saturated heterocycles. The van der Waals surface area contributed by atoms with E-state index in [1.807, 2.05) is 0 Å². The summed E-state index contributed by atoms with van der Waals surface area (Å²) in [6, 6.07) is 3.43. The van der Waals surface area contributed by atoms with Crippen LogP contribution < -0.4 is 5.73 Å². The number of hydrogen-bond donors (Lipinski definition) is 1. The molecule has 0 radical (unpaired) electrons. The van der Waals surface area contributed by atoms with Gasteiger partial charge in [-0.1, -0.05) is 0 Å². The highest BCUT2D eigenvalue weighted by Gasteiger charge is 2.41. The number of halogens is 3. The van der Waals surface area contributed by atoms with Gasteiger partial charge in [0.05, 0.1) is 17.3 Å². The lowest BCUT2D eigenvalue weighted by Crippen LogP contribution is -2.41. The van der Waals surface area contributed by atoms with Crippen LogP contribution >= 0.6 is 0 Å². The van der Waals surface area contributed by atoms with Crippen LogP contribution in [0, 0.1) is 5.92 Å². The second-order valence-electron chi connectivity index (χ2n) is 4.66. The van der Waals surface area contributed by atoms with Crippen molar-refractivity contribution in [2.24, 2.45) is 5.92 Å². The van der Waals surface area contributed by atoms with Crippen molar-refractivity contribution >= 4 is 5.69 Å². The Morgan fingerprint density at radius 3 is 2.89 bits per heavy atom. The van der Waals surface area contributed by atoms with E-state index in [9.17, 15) is 13.2 Å². The maximum absolute atomic E-state index is 12.7. The van der Waals surface area contributed by atoms with Gasteiger partial charge in [-0.25, -0.2) is 0 Å². The van der Waals surface area contributed by atoms with Crippen LogP contribution in [0.5, 0.6) is 0 Å². The van der Waals surface area contributed by atoms with Crippen molar-refractivity contribution in [1.29, 1.82) is 0 Å². The molecule has 0 spiro atoms. The van der Waals surface area contributed by atoms with Crippen molar-refractivity contribution in [3.05, 3.63) is 24.0 Å². The summed E-state index contributed by atoms with van der Waals surface area (Å²) in [5.74, 6) is -1.23. The van der Waals surface area contributed by atoms with E-state index >= 15 is 0 Å². The fourth-order valence-corrected chi connectivity index (χ4v) is 2.26. The zero-order valence-corrected chi connectivity index (χ0v) is 9.95. The van der Waals surface area contributed by atoms with E-state index in [4.69, 9.17) is 5.73 Å². The second-order valence-corrected chi connectivity index (χ2v) is 4.66. The minimum Gasteiger partial charge on any atom is -0.397 e. The van der Waals surface area contributed by atoms with E-state index in [0.29, 0.717) is 30.9 Å². The quantitative estimate of drug-likeness (QED) is 0.887. The molecule has 1 aromatic rings. The molecule has 6 heteroatoms. The molecule has 1 aliphatic heterocycles. The molecule has 1 atom stereocenters. The Labute approximate surface area is 104 Å². The van der Waals surface area contributed by atoms with Gasteiger partial charge in [0, 0.05) is 19.3 Å². The average molecular weight is 259 g/mol. The summed E-state index contributed by atoms with van der Waals surface area (Å²) < 4.78 is 38.0. The first kappa shape index (κ1) is 13.1. The van der Waals surface area contributed by atoms with Crippen LogP contribution in [0.25, 0.3) is 0 Å². The summed E-state index contributed by atoms with van der Waals surface area (Å²) >= 11 is 0. The summed E-state index contributed by atoms with van der Waals surface area (Å²) in [5.41, 5.74) is 6.93. The molecular formula is C12H16F3N3. The summed E-state index contributed by atoms with van der Waals surface area (Å²) in [6.45, 7) is 1.10. The fourth-order valence-electron chi connectivity index (χ4n) is 2.26. The van der Waals surface area contributed by atoms with Crippen LogP contribution in [-0.2, 0) is 6.54 Å². The number of nitrogens with two attached hydrogens (primary N) is 1. The van der Waals surface area contributed by atoms with Gasteiger partial charge in [-0.05, 0) is 31.5 Å². The van der Waals surface area contributed by atoms with E-state index in [0.717, 1.165) is 0 Å². The number of hydrogen-bond acceptors (Lipinski definition) is 3. The molecule has 2 N–H and O–H groups in total. The number of anilines is 1. The van der Waals surface area contributed by atoms with Gasteiger partial charge in [-0.3, -0.25) is 9.88 Å². The van der Waals surface area contributed by atoms with Crippen molar-refractivity contribution in [1.82, 2.24) is 9.88 Å². The summed E-state index contributed by atoms with van der Waals surface area (Å²) in [7, 11) is 0. The number of nitrogens with zero attached hydrogens (tertiary/aromatic N) is 2. The highest BCUT2D eigenvalue weighted by atomic mass is 19.4. The lowest BCUT2D eigenvalue weighted by molar-refractivity contribution is -0.187. The number of aromatic nitrogens is 1. The molecule has 1 aromatic heterocycles. The monoisotopic (exact) mass is 259 g/mol. The van der Waals surface area contributed by atoms with Gasteiger partial charge < -0.3 is 5.73 Å². The zero-order valence-electron chi connectivity index (χ0n) is 9.95. The molecule has 0 aromatic carbocycles. The maximum Gasteiger partial charge on any atom is 0.393 e. The molecule has 0 saturated carbocycles. The van der Waals surface area contributed by atoms with E-state index in [1.54, 1.807) is 23.2 Å². The average Bonchev–Trinajstić information content (AvgIpc) is 2.31. The molecule has 0 bridgehead atoms. The summed E-state index contributed by atoms with van der Waals surface area (Å²) in [6.07, 6.45) is -1.71. The highest BCUT2D eigenvalue weighted by Crippen LogP contribution is 2.33. The maximum atomic E-state index is 12.7. The molecule has 3 nitrogen and oxygen atoms in total. The molecule has 18 heavy (non-hydrogen) atoms. The Hall–Kier alpha value is -1.30. The molecule has 2 rings (SSSR count). The third-order valence-electron chi connectivity index (χ3n) is 3.27. The van der Waals surface area contributed by atoms with E-state index in [2.05, 4.69) is 4.98 Å². The first-order chi connectivity index (χ1) is 8.47. The Morgan fingerprint density at radius 2 is 2.22 bits per heavy atom. The van der Waals surface area contributed by atoms with Gasteiger partial charge in [0.2, 0.25) is 0 Å². The lowest BCUT2D eigenvalue weighted by atomic mass is 9.97. The predicted molar refractivity (Wildman–Crippen MR) is 62.7 cm³/mol. The summed E-state index contributed by atoms with van der Waals surface area (Å²) in [4.78, 5) is 5.89. The van der Waals surface area contributed by atoms with E-state index in [1.165, 1.54) is 0 Å². The first-order valence-corrected chi connectivity index (χ1v) is 5.95. The van der Waals surface area contributed by atoms with Crippen LogP contribution in [-0.4, -0.2) is 29.1 Å². The first-order valence-electron chi connectivity index (χ1n) is 5.95. The number of pyridine rings is 1. The van der Waals surface area contributed by atoms with Crippen molar-refractivity contribution in [2.75, 3.05) is 18.8 Å². The van der Waals surface area contributed by atoms with E-state index < -0.39 is 12.1 Å². The molecule has 100 valence electrons. The molecule has 1 aliphatic rings. The van der Waals surface area contributed by atoms with Crippen molar-refractivity contribution in [3.8, 4) is 0 Å². The van der Waals surface area contributed by atoms with E-state index in [-0.39, 0.29) is 13.0 Å². The smallest absolute Gasteiger partial charge is 0.393 e. The summed E-state index contributed by atoms with van der Waals surface area (Å²) in [5, 5.41) is 0. The molecule has 0 aliphatic carbocycles. The van der Waals surface area contributed by atoms with Crippen molar-refractivity contribution < 1.29 is 13.2 Å². The number of alkyl halides is 3. The lowest BCUT2D eigenvalue weighted by Gasteiger charge is -2.33. The molecule has 0 amide bonds.